The zero-order chi connectivity index (χ0) is 24.2. The molecule has 34 heavy (non-hydrogen) atoms. The van der Waals surface area contributed by atoms with Crippen LogP contribution >= 0.6 is 22.9 Å². The molecule has 0 aliphatic heterocycles. The molecule has 0 unspecified atom stereocenters. The lowest BCUT2D eigenvalue weighted by Gasteiger charge is -2.11. The van der Waals surface area contributed by atoms with Gasteiger partial charge in [0, 0.05) is 27.7 Å². The van der Waals surface area contributed by atoms with Crippen molar-refractivity contribution in [3.63, 3.8) is 0 Å². The summed E-state index contributed by atoms with van der Waals surface area (Å²) in [6.45, 7) is 2.00. The first-order valence-electron chi connectivity index (χ1n) is 11.0. The number of halogens is 1. The van der Waals surface area contributed by atoms with E-state index < -0.39 is 22.3 Å². The van der Waals surface area contributed by atoms with Crippen LogP contribution in [0.25, 0.3) is 0 Å². The summed E-state index contributed by atoms with van der Waals surface area (Å²) in [7, 11) is 0. The number of hydrogen-bond donors (Lipinski definition) is 1. The van der Waals surface area contributed by atoms with Crippen LogP contribution in [0.3, 0.4) is 0 Å². The summed E-state index contributed by atoms with van der Waals surface area (Å²) in [5, 5.41) is 23.2. The van der Waals surface area contributed by atoms with Crippen molar-refractivity contribution < 1.29 is 19.6 Å². The number of nitrogens with zero attached hydrogens (tertiary/aromatic N) is 2. The Labute approximate surface area is 205 Å². The molecule has 0 bridgehead atoms. The molecule has 2 aromatic carbocycles. The number of aliphatic imine (C=N–C) groups is 1. The maximum Gasteiger partial charge on any atom is 0.341 e. The Kier molecular flexibility index (Phi) is 7.29. The first-order valence-corrected chi connectivity index (χ1v) is 12.2. The van der Waals surface area contributed by atoms with Crippen molar-refractivity contribution in [2.24, 2.45) is 4.99 Å². The Hall–Kier alpha value is -3.23. The van der Waals surface area contributed by atoms with E-state index >= 15 is 0 Å². The van der Waals surface area contributed by atoms with Gasteiger partial charge in [0.15, 0.2) is 0 Å². The molecule has 9 heteroatoms. The molecule has 1 N–H and O–H groups in total. The van der Waals surface area contributed by atoms with Crippen molar-refractivity contribution in [1.29, 1.82) is 0 Å². The molecule has 1 aliphatic rings. The minimum Gasteiger partial charge on any atom is -0.502 e. The normalized spacial score (nSPS) is 13.1. The number of rotatable bonds is 7. The fraction of sp³-hybridized carbons (Fsp3) is 0.280. The van der Waals surface area contributed by atoms with Gasteiger partial charge in [0.25, 0.3) is 0 Å². The Balaban J connectivity index is 1.75. The summed E-state index contributed by atoms with van der Waals surface area (Å²) in [5.41, 5.74) is 2.63. The van der Waals surface area contributed by atoms with Gasteiger partial charge in [-0.15, -0.1) is 11.3 Å². The van der Waals surface area contributed by atoms with Crippen molar-refractivity contribution in [2.45, 2.75) is 39.0 Å². The maximum atomic E-state index is 12.7. The Morgan fingerprint density at radius 3 is 2.79 bits per heavy atom. The summed E-state index contributed by atoms with van der Waals surface area (Å²) in [6, 6.07) is 10.2. The number of nitro groups is 1. The Morgan fingerprint density at radius 1 is 1.29 bits per heavy atom. The molecule has 4 rings (SSSR count). The zero-order valence-corrected chi connectivity index (χ0v) is 20.1. The van der Waals surface area contributed by atoms with Crippen molar-refractivity contribution >= 4 is 45.8 Å². The molecule has 0 saturated carbocycles. The summed E-state index contributed by atoms with van der Waals surface area (Å²) < 4.78 is 5.26. The average molecular weight is 499 g/mol. The lowest BCUT2D eigenvalue weighted by Crippen LogP contribution is -2.09. The number of benzene rings is 2. The Bertz CT molecular complexity index is 1280. The van der Waals surface area contributed by atoms with E-state index in [2.05, 4.69) is 4.99 Å². The highest BCUT2D eigenvalue weighted by atomic mass is 35.5. The smallest absolute Gasteiger partial charge is 0.341 e. The fourth-order valence-electron chi connectivity index (χ4n) is 4.09. The van der Waals surface area contributed by atoms with Gasteiger partial charge in [-0.3, -0.25) is 10.1 Å². The van der Waals surface area contributed by atoms with Crippen LogP contribution in [0.2, 0.25) is 5.02 Å². The van der Waals surface area contributed by atoms with Gasteiger partial charge in [0.05, 0.1) is 17.1 Å². The van der Waals surface area contributed by atoms with Crippen LogP contribution in [0, 0.1) is 10.1 Å². The molecule has 3 aromatic rings. The number of hydrogen-bond acceptors (Lipinski definition) is 7. The van der Waals surface area contributed by atoms with E-state index in [0.717, 1.165) is 41.7 Å². The SMILES string of the molecule is CCOC(=O)c1c(N=Cc2cc(Cc3ccccc3Cl)cc([N+](=O)[O-])c2O)sc2c1CCCC2. The third-order valence-electron chi connectivity index (χ3n) is 5.68. The molecular weight excluding hydrogens is 476 g/mol. The second-order valence-corrected chi connectivity index (χ2v) is 9.44. The van der Waals surface area contributed by atoms with Crippen molar-refractivity contribution in [3.05, 3.63) is 84.2 Å². The highest BCUT2D eigenvalue weighted by Crippen LogP contribution is 2.41. The number of thiophene rings is 1. The molecule has 1 aliphatic carbocycles. The van der Waals surface area contributed by atoms with E-state index in [9.17, 15) is 20.0 Å². The van der Waals surface area contributed by atoms with Gasteiger partial charge < -0.3 is 9.84 Å². The number of phenols is 1. The van der Waals surface area contributed by atoms with E-state index in [1.54, 1.807) is 19.1 Å². The summed E-state index contributed by atoms with van der Waals surface area (Å²) in [4.78, 5) is 29.2. The highest BCUT2D eigenvalue weighted by molar-refractivity contribution is 7.16. The van der Waals surface area contributed by atoms with E-state index in [-0.39, 0.29) is 12.2 Å². The second-order valence-electron chi connectivity index (χ2n) is 7.95. The molecule has 0 atom stereocenters. The number of fused-ring (bicyclic) bond motifs is 1. The van der Waals surface area contributed by atoms with Crippen LogP contribution in [-0.4, -0.2) is 28.8 Å². The van der Waals surface area contributed by atoms with Gasteiger partial charge in [-0.25, -0.2) is 9.79 Å². The van der Waals surface area contributed by atoms with E-state index in [1.165, 1.54) is 23.6 Å². The average Bonchev–Trinajstić information content (AvgIpc) is 3.19. The van der Waals surface area contributed by atoms with Crippen molar-refractivity contribution in [3.8, 4) is 5.75 Å². The first-order chi connectivity index (χ1) is 16.4. The fourth-order valence-corrected chi connectivity index (χ4v) is 5.51. The predicted octanol–water partition coefficient (Wildman–Crippen LogP) is 6.41. The zero-order valence-electron chi connectivity index (χ0n) is 18.5. The Morgan fingerprint density at radius 2 is 2.06 bits per heavy atom. The lowest BCUT2D eigenvalue weighted by atomic mass is 9.95. The van der Waals surface area contributed by atoms with Gasteiger partial charge >= 0.3 is 11.7 Å². The van der Waals surface area contributed by atoms with Crippen molar-refractivity contribution in [1.82, 2.24) is 0 Å². The number of ether oxygens (including phenoxy) is 1. The lowest BCUT2D eigenvalue weighted by molar-refractivity contribution is -0.385. The van der Waals surface area contributed by atoms with Crippen molar-refractivity contribution in [2.75, 3.05) is 6.61 Å². The minimum absolute atomic E-state index is 0.192. The monoisotopic (exact) mass is 498 g/mol. The number of carbonyl (C=O) groups is 1. The van der Waals surface area contributed by atoms with Crippen LogP contribution in [-0.2, 0) is 24.0 Å². The number of esters is 1. The quantitative estimate of drug-likeness (QED) is 0.175. The number of carbonyl (C=O) groups excluding carboxylic acids is 1. The molecule has 0 saturated heterocycles. The predicted molar refractivity (Wildman–Crippen MR) is 133 cm³/mol. The molecule has 1 heterocycles. The third kappa shape index (κ3) is 4.98. The van der Waals surface area contributed by atoms with Gasteiger partial charge in [-0.1, -0.05) is 29.8 Å². The van der Waals surface area contributed by atoms with E-state index in [0.29, 0.717) is 27.6 Å². The standard InChI is InChI=1S/C25H23ClN2O5S/c1-2-33-25(30)22-18-8-4-6-10-21(18)34-24(22)27-14-17-12-15(13-20(23(17)29)28(31)32)11-16-7-3-5-9-19(16)26/h3,5,7,9,12-14,29H,2,4,6,8,10-11H2,1H3. The molecule has 0 radical (unpaired) electrons. The molecule has 7 nitrogen and oxygen atoms in total. The largest absolute Gasteiger partial charge is 0.502 e. The van der Waals surface area contributed by atoms with Gasteiger partial charge in [-0.05, 0) is 67.9 Å². The third-order valence-corrected chi connectivity index (χ3v) is 7.25. The van der Waals surface area contributed by atoms with Crippen LogP contribution in [0.5, 0.6) is 5.75 Å². The molecule has 0 spiro atoms. The molecular formula is C25H23ClN2O5S. The number of aromatic hydroxyl groups is 1. The summed E-state index contributed by atoms with van der Waals surface area (Å²) in [6.07, 6.45) is 5.44. The molecule has 176 valence electrons. The van der Waals surface area contributed by atoms with Gasteiger partial charge in [0.1, 0.15) is 5.00 Å². The van der Waals surface area contributed by atoms with E-state index in [4.69, 9.17) is 16.3 Å². The number of phenolic OH excluding ortho intramolecular Hbond substituents is 1. The number of aryl methyl sites for hydroxylation is 1. The summed E-state index contributed by atoms with van der Waals surface area (Å²) in [5.74, 6) is -0.896. The maximum absolute atomic E-state index is 12.7. The van der Waals surface area contributed by atoms with Crippen LogP contribution in [0.4, 0.5) is 10.7 Å². The second kappa shape index (κ2) is 10.4. The van der Waals surface area contributed by atoms with E-state index in [1.807, 2.05) is 18.2 Å². The van der Waals surface area contributed by atoms with Crippen LogP contribution < -0.4 is 0 Å². The first kappa shape index (κ1) is 23.9. The topological polar surface area (TPSA) is 102 Å². The van der Waals surface area contributed by atoms with Crippen LogP contribution in [0.15, 0.2) is 41.4 Å². The molecule has 0 amide bonds. The number of nitro benzene ring substituents is 1. The molecule has 0 fully saturated rings. The summed E-state index contributed by atoms with van der Waals surface area (Å²) >= 11 is 7.69. The molecule has 1 aromatic heterocycles. The van der Waals surface area contributed by atoms with Gasteiger partial charge in [-0.2, -0.15) is 0 Å². The van der Waals surface area contributed by atoms with Gasteiger partial charge in [0.2, 0.25) is 5.75 Å². The van der Waals surface area contributed by atoms with Crippen LogP contribution in [0.1, 0.15) is 57.3 Å². The minimum atomic E-state index is -0.628. The highest BCUT2D eigenvalue weighted by Gasteiger charge is 2.26.